The third kappa shape index (κ3) is 3.83. The zero-order valence-electron chi connectivity index (χ0n) is 22.8. The summed E-state index contributed by atoms with van der Waals surface area (Å²) in [6.45, 7) is 0. The van der Waals surface area contributed by atoms with E-state index >= 15 is 0 Å². The van der Waals surface area contributed by atoms with Crippen molar-refractivity contribution in [3.8, 4) is 45.6 Å². The van der Waals surface area contributed by atoms with Gasteiger partial charge in [-0.2, -0.15) is 8.42 Å². The van der Waals surface area contributed by atoms with Crippen molar-refractivity contribution in [1.29, 1.82) is 0 Å². The number of benzene rings is 4. The zero-order chi connectivity index (χ0) is 30.4. The minimum absolute atomic E-state index is 0.146. The molecule has 0 saturated heterocycles. The molecule has 0 radical (unpaired) electrons. The summed E-state index contributed by atoms with van der Waals surface area (Å²) in [6, 6.07) is 27.2. The highest BCUT2D eigenvalue weighted by atomic mass is 35.5. The highest BCUT2D eigenvalue weighted by Gasteiger charge is 2.24. The van der Waals surface area contributed by atoms with Crippen molar-refractivity contribution in [1.82, 2.24) is 39.0 Å². The lowest BCUT2D eigenvalue weighted by molar-refractivity contribution is 0.484. The van der Waals surface area contributed by atoms with Crippen molar-refractivity contribution < 1.29 is 13.0 Å². The number of hydrogen-bond acceptors (Lipinski definition) is 8. The van der Waals surface area contributed by atoms with Crippen molar-refractivity contribution in [2.24, 2.45) is 0 Å². The summed E-state index contributed by atoms with van der Waals surface area (Å²) in [6.07, 6.45) is 0. The van der Waals surface area contributed by atoms with E-state index in [0.717, 1.165) is 21.9 Å². The Bertz CT molecular complexity index is 2720. The van der Waals surface area contributed by atoms with Crippen LogP contribution in [-0.4, -0.2) is 51.9 Å². The summed E-state index contributed by atoms with van der Waals surface area (Å²) in [5.74, 6) is 1.40. The number of halogens is 1. The largest absolute Gasteiger partial charge is 0.324 e. The molecule has 0 atom stereocenters. The van der Waals surface area contributed by atoms with Gasteiger partial charge < -0.3 is 4.98 Å². The summed E-state index contributed by atoms with van der Waals surface area (Å²) < 4.78 is 36.7. The molecule has 5 heterocycles. The van der Waals surface area contributed by atoms with Crippen LogP contribution in [0.5, 0.6) is 0 Å². The third-order valence-corrected chi connectivity index (χ3v) is 9.13. The number of hydrogen-bond donors (Lipinski definition) is 2. The number of aromatic amines is 1. The van der Waals surface area contributed by atoms with Crippen molar-refractivity contribution in [2.45, 2.75) is 4.90 Å². The number of nitrogens with zero attached hydrogens (tertiary/aromatic N) is 7. The Labute approximate surface area is 258 Å². The standard InChI is InChI=1S/C32H17ClN8O3S/c33-41-31-20-12-5-6-13-21(20)32(41)40-28-19-11-4-2-9-17(19)26(35-28)37-30-24-22(14-7-15-23(24)45(42,43)44)29(38-30)36-25-16-8-1-3-10-18(16)27(34-25)39-31/h1-15H,(H,42,43,44)(H,34,35,36,37,38,39,40). The van der Waals surface area contributed by atoms with E-state index < -0.39 is 10.1 Å². The average Bonchev–Trinajstić information content (AvgIpc) is 3.75. The topological polar surface area (TPSA) is 152 Å². The van der Waals surface area contributed by atoms with Gasteiger partial charge in [0.1, 0.15) is 16.2 Å². The monoisotopic (exact) mass is 628 g/mol. The quantitative estimate of drug-likeness (QED) is 0.192. The maximum Gasteiger partial charge on any atom is 0.295 e. The van der Waals surface area contributed by atoms with Crippen LogP contribution in [0.2, 0.25) is 0 Å². The molecular weight excluding hydrogens is 612 g/mol. The molecule has 8 bridgehead atoms. The summed E-state index contributed by atoms with van der Waals surface area (Å²) in [7, 11) is -4.63. The molecule has 45 heavy (non-hydrogen) atoms. The van der Waals surface area contributed by atoms with Gasteiger partial charge >= 0.3 is 0 Å². The molecule has 0 fully saturated rings. The molecule has 13 heteroatoms. The molecule has 2 aliphatic rings. The Balaban J connectivity index is 1.55. The lowest BCUT2D eigenvalue weighted by Crippen LogP contribution is -1.98. The second kappa shape index (κ2) is 9.22. The highest BCUT2D eigenvalue weighted by Crippen LogP contribution is 2.38. The minimum Gasteiger partial charge on any atom is -0.324 e. The molecular formula is C32H17ClN8O3S. The van der Waals surface area contributed by atoms with E-state index in [1.165, 1.54) is 16.2 Å². The van der Waals surface area contributed by atoms with Crippen LogP contribution in [0, 0.1) is 0 Å². The summed E-state index contributed by atoms with van der Waals surface area (Å²) >= 11 is 6.98. The first-order chi connectivity index (χ1) is 21.8. The molecule has 0 amide bonds. The Morgan fingerprint density at radius 1 is 0.556 bits per heavy atom. The van der Waals surface area contributed by atoms with Gasteiger partial charge in [-0.05, 0) is 6.07 Å². The lowest BCUT2D eigenvalue weighted by Gasteiger charge is -1.99. The maximum atomic E-state index is 12.5. The van der Waals surface area contributed by atoms with E-state index in [1.807, 2.05) is 72.8 Å². The van der Waals surface area contributed by atoms with E-state index in [0.29, 0.717) is 50.9 Å². The molecule has 0 aliphatic carbocycles. The molecule has 0 saturated carbocycles. The minimum atomic E-state index is -4.63. The fraction of sp³-hybridized carbons (Fsp3) is 0. The Hall–Kier alpha value is -5.56. The van der Waals surface area contributed by atoms with Gasteiger partial charge in [-0.1, -0.05) is 84.9 Å². The van der Waals surface area contributed by atoms with Gasteiger partial charge in [0.25, 0.3) is 10.1 Å². The van der Waals surface area contributed by atoms with Gasteiger partial charge in [0.15, 0.2) is 34.6 Å². The number of nitrogens with one attached hydrogen (secondary N) is 1. The smallest absolute Gasteiger partial charge is 0.295 e. The average molecular weight is 629 g/mol. The molecule has 0 spiro atoms. The van der Waals surface area contributed by atoms with E-state index in [-0.39, 0.29) is 21.8 Å². The van der Waals surface area contributed by atoms with Crippen LogP contribution >= 0.6 is 11.8 Å². The van der Waals surface area contributed by atoms with Crippen LogP contribution in [0.1, 0.15) is 0 Å². The molecule has 7 aromatic rings. The van der Waals surface area contributed by atoms with E-state index in [4.69, 9.17) is 41.7 Å². The van der Waals surface area contributed by atoms with Crippen LogP contribution in [0.4, 0.5) is 0 Å². The zero-order valence-corrected chi connectivity index (χ0v) is 24.4. The summed E-state index contributed by atoms with van der Waals surface area (Å²) in [5.41, 5.74) is 4.18. The Morgan fingerprint density at radius 3 is 1.51 bits per heavy atom. The second-order valence-corrected chi connectivity index (χ2v) is 12.2. The van der Waals surface area contributed by atoms with Gasteiger partial charge in [-0.15, -0.1) is 0 Å². The van der Waals surface area contributed by atoms with Crippen molar-refractivity contribution in [2.75, 3.05) is 0 Å². The van der Waals surface area contributed by atoms with Gasteiger partial charge in [0.2, 0.25) is 0 Å². The molecule has 9 rings (SSSR count). The van der Waals surface area contributed by atoms with Gasteiger partial charge in [0.05, 0.1) is 0 Å². The Morgan fingerprint density at radius 2 is 1.00 bits per heavy atom. The molecule has 2 aliphatic heterocycles. The SMILES string of the molecule is O=S(=O)(O)c1cccc2c3nc4nc(nc5c6ccccc6c(nc6nc(nc([nH]3)c12)-c1ccccc1-6)n5Cl)-c1ccccc1-4. The van der Waals surface area contributed by atoms with Crippen molar-refractivity contribution >= 4 is 66.0 Å². The normalized spacial score (nSPS) is 12.4. The molecule has 11 nitrogen and oxygen atoms in total. The highest BCUT2D eigenvalue weighted by molar-refractivity contribution is 7.86. The van der Waals surface area contributed by atoms with E-state index in [2.05, 4.69) is 4.98 Å². The maximum absolute atomic E-state index is 12.5. The van der Waals surface area contributed by atoms with Crippen LogP contribution in [-0.2, 0) is 10.1 Å². The molecule has 3 aromatic heterocycles. The van der Waals surface area contributed by atoms with Crippen molar-refractivity contribution in [3.05, 3.63) is 91.0 Å². The van der Waals surface area contributed by atoms with Gasteiger partial charge in [0, 0.05) is 55.6 Å². The predicted octanol–water partition coefficient (Wildman–Crippen LogP) is 6.59. The molecule has 2 N–H and O–H groups in total. The fourth-order valence-electron chi connectivity index (χ4n) is 5.94. The van der Waals surface area contributed by atoms with E-state index in [9.17, 15) is 13.0 Å². The van der Waals surface area contributed by atoms with Gasteiger partial charge in [-0.3, -0.25) is 4.55 Å². The fourth-order valence-corrected chi connectivity index (χ4v) is 6.91. The first-order valence-electron chi connectivity index (χ1n) is 13.7. The second-order valence-electron chi connectivity index (χ2n) is 10.5. The number of fused-ring (bicyclic) bond motifs is 20. The van der Waals surface area contributed by atoms with Gasteiger partial charge in [-0.25, -0.2) is 34.0 Å². The molecule has 0 unspecified atom stereocenters. The first-order valence-corrected chi connectivity index (χ1v) is 15.5. The number of rotatable bonds is 1. The van der Waals surface area contributed by atoms with Crippen molar-refractivity contribution in [3.63, 3.8) is 0 Å². The van der Waals surface area contributed by atoms with Crippen LogP contribution in [0.25, 0.3) is 89.7 Å². The summed E-state index contributed by atoms with van der Waals surface area (Å²) in [4.78, 5) is 32.0. The van der Waals surface area contributed by atoms with Crippen LogP contribution in [0.15, 0.2) is 95.9 Å². The lowest BCUT2D eigenvalue weighted by atomic mass is 10.1. The van der Waals surface area contributed by atoms with Crippen LogP contribution in [0.3, 0.4) is 0 Å². The van der Waals surface area contributed by atoms with E-state index in [1.54, 1.807) is 6.07 Å². The molecule has 4 aromatic carbocycles. The summed E-state index contributed by atoms with van der Waals surface area (Å²) in [5, 5.41) is 2.13. The number of aromatic nitrogens is 8. The predicted molar refractivity (Wildman–Crippen MR) is 171 cm³/mol. The first kappa shape index (κ1) is 25.9. The third-order valence-electron chi connectivity index (χ3n) is 7.91. The number of H-pyrrole nitrogens is 1. The van der Waals surface area contributed by atoms with Crippen LogP contribution < -0.4 is 0 Å². The molecule has 216 valence electrons. The Kier molecular flexibility index (Phi) is 5.31.